The number of rotatable bonds is 79. The number of hydrogen-bond acceptors (Lipinski definition) is 15. The second-order valence-corrected chi connectivity index (χ2v) is 30.9. The summed E-state index contributed by atoms with van der Waals surface area (Å²) in [7, 11) is -9.97. The predicted molar refractivity (Wildman–Crippen MR) is 427 cm³/mol. The summed E-state index contributed by atoms with van der Waals surface area (Å²) in [4.78, 5) is 73.1. The van der Waals surface area contributed by atoms with Crippen molar-refractivity contribution in [3.63, 3.8) is 0 Å². The molecule has 0 saturated carbocycles. The van der Waals surface area contributed by atoms with E-state index < -0.39 is 97.5 Å². The molecule has 0 spiro atoms. The summed E-state index contributed by atoms with van der Waals surface area (Å²) in [6.07, 6.45) is 81.2. The zero-order valence-electron chi connectivity index (χ0n) is 66.2. The van der Waals surface area contributed by atoms with Crippen molar-refractivity contribution in [3.8, 4) is 0 Å². The molecule has 2 unspecified atom stereocenters. The molecule has 0 saturated heterocycles. The van der Waals surface area contributed by atoms with Crippen LogP contribution in [0.1, 0.15) is 374 Å². The van der Waals surface area contributed by atoms with Gasteiger partial charge in [-0.1, -0.05) is 312 Å². The van der Waals surface area contributed by atoms with E-state index in [1.807, 2.05) is 0 Å². The van der Waals surface area contributed by atoms with Crippen molar-refractivity contribution >= 4 is 39.5 Å². The van der Waals surface area contributed by atoms with Crippen molar-refractivity contribution < 1.29 is 80.2 Å². The fourth-order valence-corrected chi connectivity index (χ4v) is 13.1. The molecule has 0 aliphatic rings. The number of allylic oxidation sites excluding steroid dienone is 14. The molecule has 104 heavy (non-hydrogen) atoms. The van der Waals surface area contributed by atoms with Gasteiger partial charge in [-0.25, -0.2) is 9.13 Å². The normalized spacial score (nSPS) is 14.3. The largest absolute Gasteiger partial charge is 0.472 e. The number of carbonyl (C=O) groups excluding carboxylic acids is 4. The Balaban J connectivity index is 5.39. The molecule has 0 fully saturated rings. The molecular formula is C85H152O17P2. The Morgan fingerprint density at radius 3 is 0.788 bits per heavy atom. The van der Waals surface area contributed by atoms with Crippen LogP contribution in [-0.2, 0) is 65.4 Å². The first-order valence-corrected chi connectivity index (χ1v) is 44.8. The molecule has 0 aromatic rings. The number of unbranched alkanes of at least 4 members (excludes halogenated alkanes) is 39. The smallest absolute Gasteiger partial charge is 0.462 e. The van der Waals surface area contributed by atoms with E-state index in [9.17, 15) is 43.2 Å². The minimum absolute atomic E-state index is 0.0584. The molecular weight excluding hydrogens is 1350 g/mol. The van der Waals surface area contributed by atoms with Crippen LogP contribution in [0.4, 0.5) is 0 Å². The molecule has 0 amide bonds. The lowest BCUT2D eigenvalue weighted by Crippen LogP contribution is -2.30. The van der Waals surface area contributed by atoms with Gasteiger partial charge in [0.25, 0.3) is 0 Å². The van der Waals surface area contributed by atoms with Crippen LogP contribution in [0.25, 0.3) is 0 Å². The number of esters is 4. The second kappa shape index (κ2) is 77.4. The summed E-state index contributed by atoms with van der Waals surface area (Å²) in [5.74, 6) is -2.20. The van der Waals surface area contributed by atoms with Gasteiger partial charge in [0.05, 0.1) is 26.4 Å². The maximum atomic E-state index is 13.1. The number of phosphoric acid groups is 2. The Labute approximate surface area is 634 Å². The van der Waals surface area contributed by atoms with Crippen molar-refractivity contribution in [2.45, 2.75) is 393 Å². The van der Waals surface area contributed by atoms with Crippen LogP contribution in [0.3, 0.4) is 0 Å². The molecule has 0 aliphatic heterocycles. The summed E-state index contributed by atoms with van der Waals surface area (Å²) in [6.45, 7) is 4.77. The molecule has 5 atom stereocenters. The Bertz CT molecular complexity index is 2300. The topological polar surface area (TPSA) is 237 Å². The van der Waals surface area contributed by atoms with E-state index in [-0.39, 0.29) is 25.7 Å². The average molecular weight is 1510 g/mol. The summed E-state index contributed by atoms with van der Waals surface area (Å²) >= 11 is 0. The van der Waals surface area contributed by atoms with E-state index in [0.29, 0.717) is 25.7 Å². The van der Waals surface area contributed by atoms with Crippen molar-refractivity contribution in [2.24, 2.45) is 0 Å². The van der Waals surface area contributed by atoms with E-state index >= 15 is 0 Å². The van der Waals surface area contributed by atoms with Gasteiger partial charge in [-0.3, -0.25) is 37.3 Å². The molecule has 17 nitrogen and oxygen atoms in total. The van der Waals surface area contributed by atoms with Gasteiger partial charge in [-0.15, -0.1) is 0 Å². The summed E-state index contributed by atoms with van der Waals surface area (Å²) in [5.41, 5.74) is 0. The zero-order valence-corrected chi connectivity index (χ0v) is 68.0. The first kappa shape index (κ1) is 100. The summed E-state index contributed by atoms with van der Waals surface area (Å²) in [5, 5.41) is 10.7. The molecule has 19 heteroatoms. The number of ether oxygens (including phenoxy) is 4. The van der Waals surface area contributed by atoms with E-state index in [4.69, 9.17) is 37.0 Å². The highest BCUT2D eigenvalue weighted by Crippen LogP contribution is 2.45. The van der Waals surface area contributed by atoms with Crippen molar-refractivity contribution in [3.05, 3.63) is 85.1 Å². The van der Waals surface area contributed by atoms with Crippen molar-refractivity contribution in [2.75, 3.05) is 39.6 Å². The third-order valence-electron chi connectivity index (χ3n) is 17.8. The molecule has 0 bridgehead atoms. The van der Waals surface area contributed by atoms with Crippen LogP contribution in [0.15, 0.2) is 85.1 Å². The third kappa shape index (κ3) is 76.4. The van der Waals surface area contributed by atoms with Gasteiger partial charge >= 0.3 is 39.5 Å². The molecule has 0 heterocycles. The highest BCUT2D eigenvalue weighted by molar-refractivity contribution is 7.47. The molecule has 604 valence electrons. The Hall–Kier alpha value is -3.76. The van der Waals surface area contributed by atoms with Gasteiger partial charge < -0.3 is 33.8 Å². The first-order valence-electron chi connectivity index (χ1n) is 41.8. The number of aliphatic hydroxyl groups excluding tert-OH is 1. The number of carbonyl (C=O) groups is 4. The van der Waals surface area contributed by atoms with Gasteiger partial charge in [0, 0.05) is 25.7 Å². The standard InChI is InChI=1S/C85H152O17P2/c1-5-9-13-17-21-25-29-33-37-38-39-40-44-48-52-56-60-64-68-72-85(90)102-81(76-96-83(88)70-66-62-58-54-50-46-42-35-31-27-23-19-15-11-7-3)78-100-104(93,94)98-74-79(86)73-97-103(91,92)99-77-80(101-84(89)71-67-63-59-55-51-47-43-36-32-28-24-20-16-12-8-4)75-95-82(87)69-65-61-57-53-49-45-41-34-30-26-22-18-14-10-6-2/h9,13,21,25,33-34,36-37,39-41,43,48,52,79-81,86H,5-8,10-12,14-20,22-24,26-32,35,38,42,44-47,49-51,53-78H2,1-4H3,(H,91,92)(H,93,94)/b13-9-,25-21-,37-33-,40-39-,41-34-,43-36-,52-48-/t79-,80-,81-/m1/s1. The molecule has 0 aliphatic carbocycles. The monoisotopic (exact) mass is 1510 g/mol. The Morgan fingerprint density at radius 1 is 0.279 bits per heavy atom. The lowest BCUT2D eigenvalue weighted by Gasteiger charge is -2.21. The SMILES string of the molecule is CC/C=C\C/C=C\C/C=C\C/C=C\C/C=C\CCCCCC(=O)O[C@H](COC(=O)CCCCCCCCCCCCCCCCC)COP(=O)(O)OC[C@H](O)COP(=O)(O)OC[C@@H](COC(=O)CCCCCCC/C=C\CCCCCCCC)OC(=O)CCCCCCC/C=C\CCCCCCCC. The van der Waals surface area contributed by atoms with Crippen LogP contribution in [0.5, 0.6) is 0 Å². The number of phosphoric ester groups is 2. The van der Waals surface area contributed by atoms with Crippen LogP contribution in [0, 0.1) is 0 Å². The van der Waals surface area contributed by atoms with Gasteiger partial charge in [0.15, 0.2) is 12.2 Å². The quantitative estimate of drug-likeness (QED) is 0.0169. The third-order valence-corrected chi connectivity index (χ3v) is 19.7. The molecule has 3 N–H and O–H groups in total. The fourth-order valence-electron chi connectivity index (χ4n) is 11.5. The van der Waals surface area contributed by atoms with Gasteiger partial charge in [-0.05, 0) is 122 Å². The minimum atomic E-state index is -4.99. The van der Waals surface area contributed by atoms with E-state index in [0.717, 1.165) is 148 Å². The summed E-state index contributed by atoms with van der Waals surface area (Å²) in [6, 6.07) is 0. The first-order chi connectivity index (χ1) is 50.7. The lowest BCUT2D eigenvalue weighted by atomic mass is 10.0. The maximum absolute atomic E-state index is 13.1. The lowest BCUT2D eigenvalue weighted by molar-refractivity contribution is -0.161. The van der Waals surface area contributed by atoms with Crippen LogP contribution in [0.2, 0.25) is 0 Å². The van der Waals surface area contributed by atoms with E-state index in [1.54, 1.807) is 0 Å². The second-order valence-electron chi connectivity index (χ2n) is 28.0. The van der Waals surface area contributed by atoms with Crippen LogP contribution >= 0.6 is 15.6 Å². The van der Waals surface area contributed by atoms with Gasteiger partial charge in [-0.2, -0.15) is 0 Å². The van der Waals surface area contributed by atoms with E-state index in [2.05, 4.69) is 113 Å². The molecule has 0 radical (unpaired) electrons. The number of hydrogen-bond donors (Lipinski definition) is 3. The Kier molecular flexibility index (Phi) is 74.6. The Morgan fingerprint density at radius 2 is 0.500 bits per heavy atom. The molecule has 0 aromatic heterocycles. The van der Waals surface area contributed by atoms with Crippen LogP contribution < -0.4 is 0 Å². The van der Waals surface area contributed by atoms with Gasteiger partial charge in [0.2, 0.25) is 0 Å². The zero-order chi connectivity index (χ0) is 76.0. The van der Waals surface area contributed by atoms with Crippen molar-refractivity contribution in [1.82, 2.24) is 0 Å². The van der Waals surface area contributed by atoms with Gasteiger partial charge in [0.1, 0.15) is 19.3 Å². The average Bonchev–Trinajstić information content (AvgIpc) is 0.943. The fraction of sp³-hybridized carbons (Fsp3) is 0.788. The number of aliphatic hydroxyl groups is 1. The highest BCUT2D eigenvalue weighted by Gasteiger charge is 2.30. The van der Waals surface area contributed by atoms with E-state index in [1.165, 1.54) is 148 Å². The van der Waals surface area contributed by atoms with Crippen LogP contribution in [-0.4, -0.2) is 96.7 Å². The minimum Gasteiger partial charge on any atom is -0.462 e. The maximum Gasteiger partial charge on any atom is 0.472 e. The predicted octanol–water partition coefficient (Wildman–Crippen LogP) is 24.6. The summed E-state index contributed by atoms with van der Waals surface area (Å²) < 4.78 is 68.7. The van der Waals surface area contributed by atoms with Crippen molar-refractivity contribution in [1.29, 1.82) is 0 Å². The molecule has 0 aromatic carbocycles. The highest BCUT2D eigenvalue weighted by atomic mass is 31.2. The molecule has 0 rings (SSSR count).